The summed E-state index contributed by atoms with van der Waals surface area (Å²) in [6.45, 7) is 5.63. The van der Waals surface area contributed by atoms with Crippen LogP contribution in [0.1, 0.15) is 18.2 Å². The van der Waals surface area contributed by atoms with E-state index in [0.29, 0.717) is 5.15 Å². The van der Waals surface area contributed by atoms with Gasteiger partial charge in [0.25, 0.3) is 0 Å². The molecule has 0 unspecified atom stereocenters. The number of nitrogens with zero attached hydrogens (tertiary/aromatic N) is 3. The van der Waals surface area contributed by atoms with Crippen LogP contribution in [0.3, 0.4) is 0 Å². The SMILES string of the molecule is CCn1cc(CNc2ccc(Cl)nc2C)cn1. The lowest BCUT2D eigenvalue weighted by atomic mass is 10.3. The number of aromatic nitrogens is 3. The Morgan fingerprint density at radius 1 is 1.41 bits per heavy atom. The summed E-state index contributed by atoms with van der Waals surface area (Å²) in [5, 5.41) is 8.06. The number of aryl methyl sites for hydroxylation is 2. The van der Waals surface area contributed by atoms with Crippen LogP contribution in [0.4, 0.5) is 5.69 Å². The monoisotopic (exact) mass is 250 g/mol. The maximum absolute atomic E-state index is 5.80. The molecule has 5 heteroatoms. The summed E-state index contributed by atoms with van der Waals surface area (Å²) in [7, 11) is 0. The van der Waals surface area contributed by atoms with Gasteiger partial charge in [0.15, 0.2) is 0 Å². The second-order valence-electron chi connectivity index (χ2n) is 3.82. The van der Waals surface area contributed by atoms with E-state index in [0.717, 1.165) is 30.0 Å². The molecule has 0 aliphatic rings. The van der Waals surface area contributed by atoms with Gasteiger partial charge in [-0.1, -0.05) is 11.6 Å². The average molecular weight is 251 g/mol. The predicted octanol–water partition coefficient (Wildman–Crippen LogP) is 2.87. The fraction of sp³-hybridized carbons (Fsp3) is 0.333. The van der Waals surface area contributed by atoms with Gasteiger partial charge < -0.3 is 5.32 Å². The molecule has 4 nitrogen and oxygen atoms in total. The topological polar surface area (TPSA) is 42.7 Å². The third kappa shape index (κ3) is 2.97. The number of rotatable bonds is 4. The van der Waals surface area contributed by atoms with Crippen LogP contribution in [0.25, 0.3) is 0 Å². The first kappa shape index (κ1) is 11.9. The molecule has 0 bridgehead atoms. The quantitative estimate of drug-likeness (QED) is 0.849. The van der Waals surface area contributed by atoms with Gasteiger partial charge in [0, 0.05) is 24.8 Å². The second-order valence-corrected chi connectivity index (χ2v) is 4.21. The van der Waals surface area contributed by atoms with Crippen molar-refractivity contribution in [1.29, 1.82) is 0 Å². The summed E-state index contributed by atoms with van der Waals surface area (Å²) in [5.41, 5.74) is 3.06. The highest BCUT2D eigenvalue weighted by Gasteiger charge is 2.01. The van der Waals surface area contributed by atoms with E-state index < -0.39 is 0 Å². The van der Waals surface area contributed by atoms with E-state index in [1.54, 1.807) is 6.07 Å². The van der Waals surface area contributed by atoms with Gasteiger partial charge in [0.1, 0.15) is 5.15 Å². The summed E-state index contributed by atoms with van der Waals surface area (Å²) in [6, 6.07) is 3.72. The van der Waals surface area contributed by atoms with Gasteiger partial charge in [-0.3, -0.25) is 4.68 Å². The molecule has 90 valence electrons. The third-order valence-electron chi connectivity index (χ3n) is 2.55. The highest BCUT2D eigenvalue weighted by Crippen LogP contribution is 2.16. The van der Waals surface area contributed by atoms with Crippen LogP contribution in [-0.2, 0) is 13.1 Å². The molecule has 2 aromatic rings. The van der Waals surface area contributed by atoms with Gasteiger partial charge in [0.05, 0.1) is 17.6 Å². The fourth-order valence-corrected chi connectivity index (χ4v) is 1.77. The molecule has 2 heterocycles. The van der Waals surface area contributed by atoms with Crippen molar-refractivity contribution in [3.63, 3.8) is 0 Å². The van der Waals surface area contributed by atoms with E-state index in [1.807, 2.05) is 30.1 Å². The van der Waals surface area contributed by atoms with E-state index in [9.17, 15) is 0 Å². The predicted molar refractivity (Wildman–Crippen MR) is 69.2 cm³/mol. The molecule has 0 saturated carbocycles. The lowest BCUT2D eigenvalue weighted by Crippen LogP contribution is -2.01. The van der Waals surface area contributed by atoms with E-state index >= 15 is 0 Å². The maximum atomic E-state index is 5.80. The molecular formula is C12H15ClN4. The van der Waals surface area contributed by atoms with Crippen molar-refractivity contribution < 1.29 is 0 Å². The van der Waals surface area contributed by atoms with Gasteiger partial charge in [-0.05, 0) is 26.0 Å². The second kappa shape index (κ2) is 5.19. The first-order valence-corrected chi connectivity index (χ1v) is 5.95. The van der Waals surface area contributed by atoms with Gasteiger partial charge in [-0.15, -0.1) is 0 Å². The molecule has 0 saturated heterocycles. The Labute approximate surface area is 106 Å². The highest BCUT2D eigenvalue weighted by molar-refractivity contribution is 6.29. The number of pyridine rings is 1. The summed E-state index contributed by atoms with van der Waals surface area (Å²) in [4.78, 5) is 4.19. The van der Waals surface area contributed by atoms with Crippen molar-refractivity contribution in [3.05, 3.63) is 40.9 Å². The molecule has 1 N–H and O–H groups in total. The normalized spacial score (nSPS) is 10.5. The number of halogens is 1. The Hall–Kier alpha value is -1.55. The summed E-state index contributed by atoms with van der Waals surface area (Å²) in [6.07, 6.45) is 3.90. The molecule has 2 rings (SSSR count). The molecule has 0 radical (unpaired) electrons. The number of nitrogens with one attached hydrogen (secondary N) is 1. The Balaban J connectivity index is 2.02. The standard InChI is InChI=1S/C12H15ClN4/c1-3-17-8-10(7-15-17)6-14-11-4-5-12(13)16-9(11)2/h4-5,7-8,14H,3,6H2,1-2H3. The molecule has 0 aliphatic carbocycles. The van der Waals surface area contributed by atoms with Crippen molar-refractivity contribution in [3.8, 4) is 0 Å². The highest BCUT2D eigenvalue weighted by atomic mass is 35.5. The van der Waals surface area contributed by atoms with Crippen molar-refractivity contribution in [1.82, 2.24) is 14.8 Å². The van der Waals surface area contributed by atoms with Crippen LogP contribution in [0.2, 0.25) is 5.15 Å². The molecule has 17 heavy (non-hydrogen) atoms. The summed E-state index contributed by atoms with van der Waals surface area (Å²) >= 11 is 5.80. The van der Waals surface area contributed by atoms with Gasteiger partial charge in [0.2, 0.25) is 0 Å². The minimum absolute atomic E-state index is 0.520. The van der Waals surface area contributed by atoms with Crippen LogP contribution in [0.5, 0.6) is 0 Å². The molecule has 0 fully saturated rings. The van der Waals surface area contributed by atoms with Crippen LogP contribution >= 0.6 is 11.6 Å². The zero-order valence-corrected chi connectivity index (χ0v) is 10.7. The Morgan fingerprint density at radius 2 is 2.24 bits per heavy atom. The first-order valence-electron chi connectivity index (χ1n) is 5.57. The summed E-state index contributed by atoms with van der Waals surface area (Å²) in [5.74, 6) is 0. The van der Waals surface area contributed by atoms with Crippen molar-refractivity contribution >= 4 is 17.3 Å². The largest absolute Gasteiger partial charge is 0.379 e. The van der Waals surface area contributed by atoms with Crippen LogP contribution in [0.15, 0.2) is 24.5 Å². The molecule has 0 amide bonds. The first-order chi connectivity index (χ1) is 8.19. The van der Waals surface area contributed by atoms with E-state index in [2.05, 4.69) is 22.3 Å². The van der Waals surface area contributed by atoms with Crippen molar-refractivity contribution in [2.24, 2.45) is 0 Å². The van der Waals surface area contributed by atoms with E-state index in [-0.39, 0.29) is 0 Å². The lowest BCUT2D eigenvalue weighted by Gasteiger charge is -2.07. The van der Waals surface area contributed by atoms with Crippen molar-refractivity contribution in [2.45, 2.75) is 26.9 Å². The summed E-state index contributed by atoms with van der Waals surface area (Å²) < 4.78 is 1.91. The van der Waals surface area contributed by atoms with Crippen LogP contribution in [-0.4, -0.2) is 14.8 Å². The fourth-order valence-electron chi connectivity index (χ4n) is 1.59. The molecular weight excluding hydrogens is 236 g/mol. The molecule has 0 aromatic carbocycles. The molecule has 2 aromatic heterocycles. The van der Waals surface area contributed by atoms with Gasteiger partial charge >= 0.3 is 0 Å². The average Bonchev–Trinajstić information content (AvgIpc) is 2.76. The minimum atomic E-state index is 0.520. The smallest absolute Gasteiger partial charge is 0.129 e. The Bertz CT molecular complexity index is 507. The number of hydrogen-bond acceptors (Lipinski definition) is 3. The molecule has 0 aliphatic heterocycles. The zero-order valence-electron chi connectivity index (χ0n) is 9.94. The van der Waals surface area contributed by atoms with Crippen LogP contribution in [0, 0.1) is 6.92 Å². The molecule has 0 spiro atoms. The lowest BCUT2D eigenvalue weighted by molar-refractivity contribution is 0.659. The Morgan fingerprint density at radius 3 is 2.88 bits per heavy atom. The van der Waals surface area contributed by atoms with Gasteiger partial charge in [-0.2, -0.15) is 5.10 Å². The third-order valence-corrected chi connectivity index (χ3v) is 2.76. The maximum Gasteiger partial charge on any atom is 0.129 e. The van der Waals surface area contributed by atoms with E-state index in [4.69, 9.17) is 11.6 Å². The molecule has 0 atom stereocenters. The van der Waals surface area contributed by atoms with E-state index in [1.165, 1.54) is 0 Å². The number of anilines is 1. The van der Waals surface area contributed by atoms with Gasteiger partial charge in [-0.25, -0.2) is 4.98 Å². The van der Waals surface area contributed by atoms with Crippen LogP contribution < -0.4 is 5.32 Å². The zero-order chi connectivity index (χ0) is 12.3. The number of hydrogen-bond donors (Lipinski definition) is 1. The van der Waals surface area contributed by atoms with Crippen molar-refractivity contribution in [2.75, 3.05) is 5.32 Å². The minimum Gasteiger partial charge on any atom is -0.379 e. The Kier molecular flexibility index (Phi) is 3.64.